The average molecular weight is 470 g/mol. The number of hydrogen-bond donors (Lipinski definition) is 2. The summed E-state index contributed by atoms with van der Waals surface area (Å²) in [5, 5.41) is 0.534. The van der Waals surface area contributed by atoms with E-state index >= 15 is 0 Å². The number of ketones is 1. The summed E-state index contributed by atoms with van der Waals surface area (Å²) >= 11 is 0. The van der Waals surface area contributed by atoms with Gasteiger partial charge >= 0.3 is 0 Å². The zero-order valence-electron chi connectivity index (χ0n) is 18.9. The molecule has 1 aliphatic rings. The minimum absolute atomic E-state index is 0.0941. The van der Waals surface area contributed by atoms with Gasteiger partial charge in [0.05, 0.1) is 17.3 Å². The minimum atomic E-state index is -0.641. The van der Waals surface area contributed by atoms with Crippen LogP contribution in [0.25, 0.3) is 22.3 Å². The van der Waals surface area contributed by atoms with Crippen molar-refractivity contribution >= 4 is 28.5 Å². The van der Waals surface area contributed by atoms with Gasteiger partial charge in [0, 0.05) is 55.2 Å². The third-order valence-electron chi connectivity index (χ3n) is 6.15. The summed E-state index contributed by atoms with van der Waals surface area (Å²) in [7, 11) is 0. The molecule has 2 N–H and O–H groups in total. The number of Topliss-reactive ketones (excluding diaryl/α,β-unsaturated/α-hetero) is 1. The second-order valence-electron chi connectivity index (χ2n) is 8.37. The predicted molar refractivity (Wildman–Crippen MR) is 128 cm³/mol. The lowest BCUT2D eigenvalue weighted by Crippen LogP contribution is -2.56. The number of nitrogens with one attached hydrogen (secondary N) is 2. The smallest absolute Gasteiger partial charge is 0.295 e. The van der Waals surface area contributed by atoms with Crippen LogP contribution in [-0.4, -0.2) is 73.0 Å². The number of fused-ring (bicyclic) bond motifs is 1. The molecule has 176 valence electrons. The quantitative estimate of drug-likeness (QED) is 0.346. The summed E-state index contributed by atoms with van der Waals surface area (Å²) in [4.78, 5) is 67.7. The number of aromatic amines is 2. The topological polar surface area (TPSA) is 132 Å². The molecule has 1 aliphatic heterocycles. The summed E-state index contributed by atoms with van der Waals surface area (Å²) in [6.45, 7) is 2.78. The Morgan fingerprint density at radius 1 is 1.00 bits per heavy atom. The highest BCUT2D eigenvalue weighted by atomic mass is 16.2. The van der Waals surface area contributed by atoms with Gasteiger partial charge < -0.3 is 19.8 Å². The number of carbonyl (C=O) groups is 3. The molecular formula is C25H22N6O4. The first-order chi connectivity index (χ1) is 16.9. The van der Waals surface area contributed by atoms with E-state index in [1.807, 2.05) is 25.1 Å². The second kappa shape index (κ2) is 8.98. The average Bonchev–Trinajstić information content (AvgIpc) is 3.33. The first-order valence-electron chi connectivity index (χ1n) is 11.1. The van der Waals surface area contributed by atoms with Crippen molar-refractivity contribution in [1.29, 1.82) is 0 Å². The van der Waals surface area contributed by atoms with Gasteiger partial charge in [-0.25, -0.2) is 4.98 Å². The molecule has 0 radical (unpaired) electrons. The molecule has 1 saturated heterocycles. The molecule has 4 aromatic rings. The minimum Gasteiger partial charge on any atom is -0.359 e. The molecule has 0 aliphatic carbocycles. The fourth-order valence-electron chi connectivity index (χ4n) is 4.36. The zero-order chi connectivity index (χ0) is 24.5. The molecule has 4 heterocycles. The highest BCUT2D eigenvalue weighted by molar-refractivity contribution is 6.45. The maximum absolute atomic E-state index is 13.2. The fourth-order valence-corrected chi connectivity index (χ4v) is 4.36. The summed E-state index contributed by atoms with van der Waals surface area (Å²) in [6, 6.07) is 10.3. The summed E-state index contributed by atoms with van der Waals surface area (Å²) < 4.78 is 0. The van der Waals surface area contributed by atoms with Crippen LogP contribution in [0.4, 0.5) is 0 Å². The molecule has 2 amide bonds. The van der Waals surface area contributed by atoms with Gasteiger partial charge in [-0.1, -0.05) is 18.2 Å². The van der Waals surface area contributed by atoms with E-state index in [0.717, 1.165) is 6.20 Å². The van der Waals surface area contributed by atoms with Gasteiger partial charge in [0.15, 0.2) is 0 Å². The summed E-state index contributed by atoms with van der Waals surface area (Å²) in [6.07, 6.45) is 5.60. The monoisotopic (exact) mass is 470 g/mol. The van der Waals surface area contributed by atoms with Gasteiger partial charge in [0.2, 0.25) is 0 Å². The number of carbonyl (C=O) groups excluding carboxylic acids is 3. The van der Waals surface area contributed by atoms with Gasteiger partial charge in [0.25, 0.3) is 23.2 Å². The van der Waals surface area contributed by atoms with Crippen LogP contribution in [0.2, 0.25) is 0 Å². The molecule has 1 atom stereocenters. The highest BCUT2D eigenvalue weighted by Crippen LogP contribution is 2.27. The molecule has 0 saturated carbocycles. The van der Waals surface area contributed by atoms with E-state index < -0.39 is 11.7 Å². The van der Waals surface area contributed by atoms with Crippen molar-refractivity contribution in [2.75, 3.05) is 19.6 Å². The Kier molecular flexibility index (Phi) is 5.69. The van der Waals surface area contributed by atoms with Crippen LogP contribution in [-0.2, 0) is 4.79 Å². The molecule has 0 unspecified atom stereocenters. The normalized spacial score (nSPS) is 15.9. The number of amides is 2. The van der Waals surface area contributed by atoms with Gasteiger partial charge in [-0.2, -0.15) is 0 Å². The summed E-state index contributed by atoms with van der Waals surface area (Å²) in [5.41, 5.74) is 1.90. The van der Waals surface area contributed by atoms with Crippen LogP contribution < -0.4 is 5.56 Å². The van der Waals surface area contributed by atoms with Crippen molar-refractivity contribution in [3.05, 3.63) is 82.7 Å². The lowest BCUT2D eigenvalue weighted by molar-refractivity contribution is -0.130. The van der Waals surface area contributed by atoms with Crippen LogP contribution >= 0.6 is 0 Å². The molecular weight excluding hydrogens is 448 g/mol. The Morgan fingerprint density at radius 3 is 2.51 bits per heavy atom. The van der Waals surface area contributed by atoms with Gasteiger partial charge in [-0.3, -0.25) is 24.2 Å². The number of benzene rings is 1. The van der Waals surface area contributed by atoms with Crippen molar-refractivity contribution in [2.45, 2.75) is 13.0 Å². The molecule has 1 fully saturated rings. The van der Waals surface area contributed by atoms with E-state index in [2.05, 4.69) is 19.9 Å². The van der Waals surface area contributed by atoms with Gasteiger partial charge in [0.1, 0.15) is 11.4 Å². The predicted octanol–water partition coefficient (Wildman–Crippen LogP) is 1.87. The van der Waals surface area contributed by atoms with Crippen LogP contribution in [0.3, 0.4) is 0 Å². The lowest BCUT2D eigenvalue weighted by atomic mass is 10.1. The van der Waals surface area contributed by atoms with Gasteiger partial charge in [-0.15, -0.1) is 0 Å². The van der Waals surface area contributed by atoms with E-state index in [1.165, 1.54) is 23.5 Å². The van der Waals surface area contributed by atoms with E-state index in [9.17, 15) is 19.2 Å². The highest BCUT2D eigenvalue weighted by Gasteiger charge is 2.34. The Balaban J connectivity index is 1.35. The Bertz CT molecular complexity index is 1470. The van der Waals surface area contributed by atoms with Crippen molar-refractivity contribution < 1.29 is 14.4 Å². The number of pyridine rings is 1. The number of H-pyrrole nitrogens is 2. The molecule has 0 spiro atoms. The Hall–Kier alpha value is -4.60. The standard InChI is InChI=1S/C25H22N6O4/c1-15-14-30(24(34)16-5-3-2-4-6-16)9-10-31(15)25(35)23(33)18-11-29-21-17(18)7-8-26-22(21)19-12-28-20(32)13-27-19/h2-8,11-13,15,29H,9-10,14H2,1H3,(H,28,32)/t15-/m1/s1. The van der Waals surface area contributed by atoms with Crippen LogP contribution in [0, 0.1) is 0 Å². The maximum Gasteiger partial charge on any atom is 0.295 e. The molecule has 5 rings (SSSR count). The number of nitrogens with zero attached hydrogens (tertiary/aromatic N) is 4. The number of piperazine rings is 1. The van der Waals surface area contributed by atoms with Crippen LogP contribution in [0.1, 0.15) is 27.6 Å². The third-order valence-corrected chi connectivity index (χ3v) is 6.15. The van der Waals surface area contributed by atoms with Crippen LogP contribution in [0.5, 0.6) is 0 Å². The first-order valence-corrected chi connectivity index (χ1v) is 11.1. The number of aromatic nitrogens is 4. The zero-order valence-corrected chi connectivity index (χ0v) is 18.9. The second-order valence-corrected chi connectivity index (χ2v) is 8.37. The van der Waals surface area contributed by atoms with Gasteiger partial charge in [-0.05, 0) is 25.1 Å². The first kappa shape index (κ1) is 22.2. The third kappa shape index (κ3) is 4.10. The fraction of sp³-hybridized carbons (Fsp3) is 0.200. The number of hydrogen-bond acceptors (Lipinski definition) is 6. The largest absolute Gasteiger partial charge is 0.359 e. The maximum atomic E-state index is 13.2. The summed E-state index contributed by atoms with van der Waals surface area (Å²) in [5.74, 6) is -1.35. The molecule has 1 aromatic carbocycles. The van der Waals surface area contributed by atoms with Crippen LogP contribution in [0.15, 0.2) is 66.0 Å². The van der Waals surface area contributed by atoms with E-state index in [1.54, 1.807) is 23.1 Å². The molecule has 35 heavy (non-hydrogen) atoms. The van der Waals surface area contributed by atoms with E-state index in [-0.39, 0.29) is 29.6 Å². The van der Waals surface area contributed by atoms with E-state index in [0.29, 0.717) is 40.9 Å². The SMILES string of the molecule is C[C@@H]1CN(C(=O)c2ccccc2)CCN1C(=O)C(=O)c1c[nH]c2c(-c3c[nH]c(=O)cn3)nccc12. The van der Waals surface area contributed by atoms with E-state index in [4.69, 9.17) is 0 Å². The van der Waals surface area contributed by atoms with Crippen molar-refractivity contribution in [3.63, 3.8) is 0 Å². The Labute approximate surface area is 199 Å². The molecule has 3 aromatic heterocycles. The molecule has 10 nitrogen and oxygen atoms in total. The Morgan fingerprint density at radius 2 is 1.80 bits per heavy atom. The van der Waals surface area contributed by atoms with Crippen molar-refractivity contribution in [3.8, 4) is 11.4 Å². The van der Waals surface area contributed by atoms with Crippen molar-refractivity contribution in [2.24, 2.45) is 0 Å². The molecule has 10 heteroatoms. The van der Waals surface area contributed by atoms with Crippen molar-refractivity contribution in [1.82, 2.24) is 29.7 Å². The lowest BCUT2D eigenvalue weighted by Gasteiger charge is -2.39. The number of rotatable bonds is 4. The molecule has 0 bridgehead atoms.